The lowest BCUT2D eigenvalue weighted by molar-refractivity contribution is 0.0675. The zero-order valence-electron chi connectivity index (χ0n) is 14.5. The van der Waals surface area contributed by atoms with Gasteiger partial charge in [-0.2, -0.15) is 0 Å². The Morgan fingerprint density at radius 2 is 1.96 bits per heavy atom. The molecule has 1 aliphatic rings. The summed E-state index contributed by atoms with van der Waals surface area (Å²) >= 11 is 6.15. The summed E-state index contributed by atoms with van der Waals surface area (Å²) in [5.41, 5.74) is 6.07. The zero-order valence-corrected chi connectivity index (χ0v) is 15.3. The van der Waals surface area contributed by atoms with Gasteiger partial charge >= 0.3 is 0 Å². The molecule has 4 N–H and O–H groups in total. The summed E-state index contributed by atoms with van der Waals surface area (Å²) in [5, 5.41) is 14.1. The third-order valence-corrected chi connectivity index (χ3v) is 4.36. The number of ether oxygens (including phenoxy) is 2. The summed E-state index contributed by atoms with van der Waals surface area (Å²) in [6.45, 7) is 2.97. The van der Waals surface area contributed by atoms with E-state index in [0.717, 1.165) is 12.1 Å². The van der Waals surface area contributed by atoms with Crippen molar-refractivity contribution in [3.63, 3.8) is 0 Å². The maximum Gasteiger partial charge on any atom is 0.193 e. The number of nitrogens with one attached hydrogen (secondary N) is 1. The Balaban J connectivity index is 1.69. The maximum absolute atomic E-state index is 10.7. The molecule has 7 heteroatoms. The number of benzene rings is 2. The number of guanidine groups is 1. The van der Waals surface area contributed by atoms with E-state index in [2.05, 4.69) is 10.3 Å². The van der Waals surface area contributed by atoms with Gasteiger partial charge in [-0.1, -0.05) is 29.8 Å². The Bertz CT molecular complexity index is 808. The van der Waals surface area contributed by atoms with Crippen LogP contribution in [0.25, 0.3) is 0 Å². The van der Waals surface area contributed by atoms with Crippen molar-refractivity contribution in [1.29, 1.82) is 0 Å². The molecule has 3 rings (SSSR count). The minimum atomic E-state index is -1.23. The number of rotatable bonds is 4. The molecule has 1 aliphatic heterocycles. The first kappa shape index (κ1) is 18.4. The van der Waals surface area contributed by atoms with Gasteiger partial charge in [0, 0.05) is 28.8 Å². The fourth-order valence-electron chi connectivity index (χ4n) is 2.65. The summed E-state index contributed by atoms with van der Waals surface area (Å²) in [7, 11) is 0. The van der Waals surface area contributed by atoms with Crippen molar-refractivity contribution >= 4 is 23.2 Å². The van der Waals surface area contributed by atoms with Gasteiger partial charge in [0.1, 0.15) is 5.60 Å². The Morgan fingerprint density at radius 3 is 2.73 bits per heavy atom. The van der Waals surface area contributed by atoms with Crippen LogP contribution in [0.2, 0.25) is 5.02 Å². The minimum absolute atomic E-state index is 0.0696. The van der Waals surface area contributed by atoms with Gasteiger partial charge in [-0.25, -0.2) is 4.99 Å². The van der Waals surface area contributed by atoms with Gasteiger partial charge in [-0.15, -0.1) is 0 Å². The van der Waals surface area contributed by atoms with Gasteiger partial charge < -0.3 is 25.6 Å². The summed E-state index contributed by atoms with van der Waals surface area (Å²) in [4.78, 5) is 4.24. The second-order valence-electron chi connectivity index (χ2n) is 6.29. The quantitative estimate of drug-likeness (QED) is 0.564. The number of nitrogens with two attached hydrogens (primary N) is 1. The Morgan fingerprint density at radius 1 is 1.23 bits per heavy atom. The molecule has 0 saturated heterocycles. The molecule has 2 aromatic carbocycles. The van der Waals surface area contributed by atoms with Crippen LogP contribution in [-0.2, 0) is 5.60 Å². The average Bonchev–Trinajstić information content (AvgIpc) is 2.85. The molecular weight excluding hydrogens is 354 g/mol. The van der Waals surface area contributed by atoms with Crippen molar-refractivity contribution in [3.8, 4) is 11.5 Å². The van der Waals surface area contributed by atoms with Crippen molar-refractivity contribution < 1.29 is 14.6 Å². The van der Waals surface area contributed by atoms with Gasteiger partial charge in [0.05, 0.1) is 19.8 Å². The van der Waals surface area contributed by atoms with E-state index in [1.165, 1.54) is 0 Å². The molecule has 0 radical (unpaired) electrons. The highest BCUT2D eigenvalue weighted by atomic mass is 35.5. The van der Waals surface area contributed by atoms with E-state index in [4.69, 9.17) is 26.8 Å². The van der Waals surface area contributed by atoms with Crippen LogP contribution in [0, 0.1) is 0 Å². The average molecular weight is 376 g/mol. The minimum Gasteiger partial charge on any atom is -0.490 e. The van der Waals surface area contributed by atoms with E-state index in [1.807, 2.05) is 30.3 Å². The van der Waals surface area contributed by atoms with Crippen LogP contribution in [0.3, 0.4) is 0 Å². The van der Waals surface area contributed by atoms with Crippen LogP contribution in [0.5, 0.6) is 11.5 Å². The molecule has 0 bridgehead atoms. The molecule has 26 heavy (non-hydrogen) atoms. The lowest BCUT2D eigenvalue weighted by Crippen LogP contribution is -2.30. The monoisotopic (exact) mass is 375 g/mol. The molecule has 138 valence electrons. The highest BCUT2D eigenvalue weighted by molar-refractivity contribution is 6.31. The lowest BCUT2D eigenvalue weighted by atomic mass is 9.96. The van der Waals surface area contributed by atoms with Crippen molar-refractivity contribution in [2.75, 3.05) is 25.1 Å². The van der Waals surface area contributed by atoms with E-state index in [1.54, 1.807) is 19.1 Å². The van der Waals surface area contributed by atoms with Gasteiger partial charge in [-0.3, -0.25) is 0 Å². The first-order valence-corrected chi connectivity index (χ1v) is 8.77. The highest BCUT2D eigenvalue weighted by Crippen LogP contribution is 2.32. The second-order valence-corrected chi connectivity index (χ2v) is 6.70. The smallest absolute Gasteiger partial charge is 0.193 e. The number of fused-ring (bicyclic) bond motifs is 1. The number of hydrogen-bond acceptors (Lipinski definition) is 4. The zero-order chi connectivity index (χ0) is 18.6. The molecule has 0 aromatic heterocycles. The van der Waals surface area contributed by atoms with Gasteiger partial charge in [0.15, 0.2) is 17.5 Å². The van der Waals surface area contributed by atoms with E-state index in [9.17, 15) is 5.11 Å². The van der Waals surface area contributed by atoms with Crippen LogP contribution in [0.1, 0.15) is 18.9 Å². The molecule has 2 aromatic rings. The predicted molar refractivity (Wildman–Crippen MR) is 103 cm³/mol. The molecule has 0 saturated carbocycles. The highest BCUT2D eigenvalue weighted by Gasteiger charge is 2.25. The van der Waals surface area contributed by atoms with Crippen LogP contribution in [0.15, 0.2) is 47.5 Å². The van der Waals surface area contributed by atoms with Crippen molar-refractivity contribution in [2.45, 2.75) is 18.9 Å². The molecule has 1 atom stereocenters. The van der Waals surface area contributed by atoms with Crippen LogP contribution in [0.4, 0.5) is 5.69 Å². The number of anilines is 1. The van der Waals surface area contributed by atoms with Crippen molar-refractivity contribution in [3.05, 3.63) is 53.1 Å². The maximum atomic E-state index is 10.7. The van der Waals surface area contributed by atoms with Crippen molar-refractivity contribution in [1.82, 2.24) is 0 Å². The molecular formula is C19H22ClN3O3. The first-order valence-electron chi connectivity index (χ1n) is 8.40. The SMILES string of the molecule is CC(O)(CN=C(N)Nc1ccc2c(c1)OCCCO2)c1ccccc1Cl. The predicted octanol–water partition coefficient (Wildman–Crippen LogP) is 3.14. The standard InChI is InChI=1S/C19H22ClN3O3/c1-19(24,14-5-2-3-6-15(14)20)12-22-18(21)23-13-7-8-16-17(11-13)26-10-4-9-25-16/h2-3,5-8,11,24H,4,9-10,12H2,1H3,(H3,21,22,23). The van der Waals surface area contributed by atoms with Crippen LogP contribution in [-0.4, -0.2) is 30.8 Å². The number of aliphatic imine (C=N–C) groups is 1. The molecule has 0 fully saturated rings. The van der Waals surface area contributed by atoms with Gasteiger partial charge in [0.25, 0.3) is 0 Å². The lowest BCUT2D eigenvalue weighted by Gasteiger charge is -2.23. The first-order chi connectivity index (χ1) is 12.5. The molecule has 6 nitrogen and oxygen atoms in total. The largest absolute Gasteiger partial charge is 0.490 e. The fraction of sp³-hybridized carbons (Fsp3) is 0.316. The second kappa shape index (κ2) is 7.85. The van der Waals surface area contributed by atoms with Gasteiger partial charge in [0.2, 0.25) is 0 Å². The van der Waals surface area contributed by atoms with E-state index < -0.39 is 5.60 Å². The van der Waals surface area contributed by atoms with Crippen LogP contribution < -0.4 is 20.5 Å². The van der Waals surface area contributed by atoms with E-state index in [0.29, 0.717) is 35.3 Å². The normalized spacial score (nSPS) is 16.5. The third-order valence-electron chi connectivity index (χ3n) is 4.03. The molecule has 0 aliphatic carbocycles. The topological polar surface area (TPSA) is 89.1 Å². The summed E-state index contributed by atoms with van der Waals surface area (Å²) in [6, 6.07) is 12.6. The van der Waals surface area contributed by atoms with Crippen LogP contribution >= 0.6 is 11.6 Å². The Kier molecular flexibility index (Phi) is 5.54. The Labute approximate surface area is 157 Å². The molecule has 1 unspecified atom stereocenters. The number of hydrogen-bond donors (Lipinski definition) is 3. The van der Waals surface area contributed by atoms with E-state index >= 15 is 0 Å². The van der Waals surface area contributed by atoms with Gasteiger partial charge in [-0.05, 0) is 25.1 Å². The van der Waals surface area contributed by atoms with Crippen molar-refractivity contribution in [2.24, 2.45) is 10.7 Å². The third kappa shape index (κ3) is 4.39. The summed E-state index contributed by atoms with van der Waals surface area (Å²) < 4.78 is 11.3. The summed E-state index contributed by atoms with van der Waals surface area (Å²) in [5.74, 6) is 1.57. The Hall–Kier alpha value is -2.44. The fourth-order valence-corrected chi connectivity index (χ4v) is 2.99. The number of halogens is 1. The summed E-state index contributed by atoms with van der Waals surface area (Å²) in [6.07, 6.45) is 0.845. The number of aliphatic hydroxyl groups is 1. The van der Waals surface area contributed by atoms with E-state index in [-0.39, 0.29) is 12.5 Å². The molecule has 0 spiro atoms. The molecule has 0 amide bonds. The number of nitrogens with zero attached hydrogens (tertiary/aromatic N) is 1. The molecule has 1 heterocycles.